The Bertz CT molecular complexity index is 480. The Morgan fingerprint density at radius 3 is 2.81 bits per heavy atom. The van der Waals surface area contributed by atoms with Crippen LogP contribution in [0.5, 0.6) is 0 Å². The molecule has 0 amide bonds. The van der Waals surface area contributed by atoms with Crippen LogP contribution in [0.2, 0.25) is 5.02 Å². The molecule has 0 bridgehead atoms. The maximum absolute atomic E-state index is 13.7. The summed E-state index contributed by atoms with van der Waals surface area (Å²) >= 11 is 5.77. The van der Waals surface area contributed by atoms with E-state index in [2.05, 4.69) is 26.1 Å². The SMILES string of the molecule is CC(C)CNCC1(Cc2ccc(Cl)c(F)c2)CCOC1C. The van der Waals surface area contributed by atoms with Crippen LogP contribution in [0.25, 0.3) is 0 Å². The molecule has 21 heavy (non-hydrogen) atoms. The molecular weight excluding hydrogens is 289 g/mol. The minimum atomic E-state index is -0.342. The van der Waals surface area contributed by atoms with Gasteiger partial charge in [-0.05, 0) is 49.9 Å². The summed E-state index contributed by atoms with van der Waals surface area (Å²) in [6, 6.07) is 5.11. The predicted octanol–water partition coefficient (Wildman–Crippen LogP) is 4.06. The van der Waals surface area contributed by atoms with Gasteiger partial charge in [0.1, 0.15) is 5.82 Å². The zero-order valence-corrected chi connectivity index (χ0v) is 13.8. The van der Waals surface area contributed by atoms with Gasteiger partial charge in [-0.15, -0.1) is 0 Å². The second kappa shape index (κ2) is 7.08. The molecule has 1 aliphatic heterocycles. The topological polar surface area (TPSA) is 21.3 Å². The first-order chi connectivity index (χ1) is 9.93. The normalized spacial score (nSPS) is 25.7. The van der Waals surface area contributed by atoms with Crippen molar-refractivity contribution in [1.82, 2.24) is 5.32 Å². The van der Waals surface area contributed by atoms with Gasteiger partial charge in [-0.2, -0.15) is 0 Å². The van der Waals surface area contributed by atoms with Gasteiger partial charge < -0.3 is 10.1 Å². The minimum Gasteiger partial charge on any atom is -0.378 e. The first kappa shape index (κ1) is 16.7. The van der Waals surface area contributed by atoms with Crippen molar-refractivity contribution in [3.8, 4) is 0 Å². The maximum Gasteiger partial charge on any atom is 0.142 e. The van der Waals surface area contributed by atoms with Crippen molar-refractivity contribution in [2.75, 3.05) is 19.7 Å². The molecule has 2 nitrogen and oxygen atoms in total. The van der Waals surface area contributed by atoms with Crippen LogP contribution in [0, 0.1) is 17.2 Å². The van der Waals surface area contributed by atoms with Crippen molar-refractivity contribution in [2.24, 2.45) is 11.3 Å². The molecule has 118 valence electrons. The van der Waals surface area contributed by atoms with Gasteiger partial charge in [-0.3, -0.25) is 0 Å². The van der Waals surface area contributed by atoms with E-state index in [9.17, 15) is 4.39 Å². The van der Waals surface area contributed by atoms with E-state index in [0.717, 1.165) is 38.1 Å². The fraction of sp³-hybridized carbons (Fsp3) is 0.647. The molecule has 0 saturated carbocycles. The smallest absolute Gasteiger partial charge is 0.142 e. The van der Waals surface area contributed by atoms with Crippen LogP contribution in [-0.4, -0.2) is 25.8 Å². The summed E-state index contributed by atoms with van der Waals surface area (Å²) in [5.41, 5.74) is 1.02. The van der Waals surface area contributed by atoms with Gasteiger partial charge in [0, 0.05) is 18.6 Å². The number of halogens is 2. The molecule has 2 unspecified atom stereocenters. The molecule has 4 heteroatoms. The van der Waals surface area contributed by atoms with Crippen molar-refractivity contribution in [1.29, 1.82) is 0 Å². The minimum absolute atomic E-state index is 0.0369. The second-order valence-electron chi connectivity index (χ2n) is 6.58. The monoisotopic (exact) mass is 313 g/mol. The second-order valence-corrected chi connectivity index (χ2v) is 6.98. The van der Waals surface area contributed by atoms with Crippen LogP contribution in [-0.2, 0) is 11.2 Å². The van der Waals surface area contributed by atoms with Crippen LogP contribution in [0.1, 0.15) is 32.8 Å². The highest BCUT2D eigenvalue weighted by Crippen LogP contribution is 2.38. The Morgan fingerprint density at radius 2 is 2.24 bits per heavy atom. The molecule has 2 rings (SSSR count). The van der Waals surface area contributed by atoms with Gasteiger partial charge in [0.25, 0.3) is 0 Å². The van der Waals surface area contributed by atoms with E-state index in [1.165, 1.54) is 0 Å². The van der Waals surface area contributed by atoms with Gasteiger partial charge in [0.2, 0.25) is 0 Å². The molecule has 1 N–H and O–H groups in total. The van der Waals surface area contributed by atoms with E-state index in [1.807, 2.05) is 6.07 Å². The Kier molecular flexibility index (Phi) is 5.64. The molecule has 0 radical (unpaired) electrons. The Hall–Kier alpha value is -0.640. The van der Waals surface area contributed by atoms with E-state index in [1.54, 1.807) is 12.1 Å². The number of rotatable bonds is 6. The molecule has 1 aliphatic rings. The van der Waals surface area contributed by atoms with Crippen molar-refractivity contribution in [2.45, 2.75) is 39.7 Å². The lowest BCUT2D eigenvalue weighted by Gasteiger charge is -2.33. The van der Waals surface area contributed by atoms with Gasteiger partial charge in [0.15, 0.2) is 0 Å². The number of benzene rings is 1. The molecule has 0 aliphatic carbocycles. The zero-order chi connectivity index (χ0) is 15.5. The van der Waals surface area contributed by atoms with E-state index >= 15 is 0 Å². The van der Waals surface area contributed by atoms with Crippen LogP contribution < -0.4 is 5.32 Å². The van der Waals surface area contributed by atoms with Crippen molar-refractivity contribution in [3.63, 3.8) is 0 Å². The van der Waals surface area contributed by atoms with Crippen LogP contribution in [0.15, 0.2) is 18.2 Å². The highest BCUT2D eigenvalue weighted by Gasteiger charge is 2.41. The highest BCUT2D eigenvalue weighted by atomic mass is 35.5. The Balaban J connectivity index is 2.10. The average molecular weight is 314 g/mol. The van der Waals surface area contributed by atoms with E-state index in [-0.39, 0.29) is 22.4 Å². The maximum atomic E-state index is 13.7. The summed E-state index contributed by atoms with van der Waals surface area (Å²) in [5, 5.41) is 3.73. The summed E-state index contributed by atoms with van der Waals surface area (Å²) in [4.78, 5) is 0. The highest BCUT2D eigenvalue weighted by molar-refractivity contribution is 6.30. The lowest BCUT2D eigenvalue weighted by atomic mass is 9.76. The third kappa shape index (κ3) is 4.18. The van der Waals surface area contributed by atoms with Crippen molar-refractivity contribution < 1.29 is 9.13 Å². The first-order valence-electron chi connectivity index (χ1n) is 7.69. The number of nitrogens with one attached hydrogen (secondary N) is 1. The summed E-state index contributed by atoms with van der Waals surface area (Å²) in [6.07, 6.45) is 1.99. The molecule has 0 spiro atoms. The Morgan fingerprint density at radius 1 is 1.48 bits per heavy atom. The molecule has 2 atom stereocenters. The quantitative estimate of drug-likeness (QED) is 0.855. The van der Waals surface area contributed by atoms with Gasteiger partial charge in [-0.25, -0.2) is 4.39 Å². The lowest BCUT2D eigenvalue weighted by molar-refractivity contribution is 0.0627. The lowest BCUT2D eigenvalue weighted by Crippen LogP contribution is -2.42. The van der Waals surface area contributed by atoms with E-state index in [0.29, 0.717) is 5.92 Å². The van der Waals surface area contributed by atoms with Gasteiger partial charge in [-0.1, -0.05) is 31.5 Å². The molecule has 1 aromatic carbocycles. The van der Waals surface area contributed by atoms with Crippen LogP contribution in [0.3, 0.4) is 0 Å². The number of ether oxygens (including phenoxy) is 1. The van der Waals surface area contributed by atoms with Gasteiger partial charge in [0.05, 0.1) is 11.1 Å². The van der Waals surface area contributed by atoms with Gasteiger partial charge >= 0.3 is 0 Å². The third-order valence-electron chi connectivity index (χ3n) is 4.40. The molecule has 1 saturated heterocycles. The van der Waals surface area contributed by atoms with Crippen LogP contribution in [0.4, 0.5) is 4.39 Å². The largest absolute Gasteiger partial charge is 0.378 e. The van der Waals surface area contributed by atoms with E-state index < -0.39 is 0 Å². The first-order valence-corrected chi connectivity index (χ1v) is 8.07. The molecule has 0 aromatic heterocycles. The van der Waals surface area contributed by atoms with Crippen molar-refractivity contribution in [3.05, 3.63) is 34.6 Å². The van der Waals surface area contributed by atoms with E-state index in [4.69, 9.17) is 16.3 Å². The number of hydrogen-bond acceptors (Lipinski definition) is 2. The molecular formula is C17H25ClFNO. The Labute approximate surface area is 132 Å². The van der Waals surface area contributed by atoms with Crippen LogP contribution >= 0.6 is 11.6 Å². The van der Waals surface area contributed by atoms with Crippen molar-refractivity contribution >= 4 is 11.6 Å². The third-order valence-corrected chi connectivity index (χ3v) is 4.71. The average Bonchev–Trinajstić information content (AvgIpc) is 2.75. The molecule has 1 heterocycles. The standard InChI is InChI=1S/C17H25ClFNO/c1-12(2)10-20-11-17(6-7-21-13(17)3)9-14-4-5-15(18)16(19)8-14/h4-5,8,12-13,20H,6-7,9-11H2,1-3H3. The molecule has 1 fully saturated rings. The summed E-state index contributed by atoms with van der Waals surface area (Å²) in [5.74, 6) is 0.277. The fourth-order valence-electron chi connectivity index (χ4n) is 3.01. The zero-order valence-electron chi connectivity index (χ0n) is 13.1. The molecule has 1 aromatic rings. The fourth-order valence-corrected chi connectivity index (χ4v) is 3.13. The predicted molar refractivity (Wildman–Crippen MR) is 85.3 cm³/mol. The summed E-state index contributed by atoms with van der Waals surface area (Å²) in [7, 11) is 0. The summed E-state index contributed by atoms with van der Waals surface area (Å²) < 4.78 is 19.4. The summed E-state index contributed by atoms with van der Waals surface area (Å²) in [6.45, 7) is 9.18. The number of hydrogen-bond donors (Lipinski definition) is 1.